The van der Waals surface area contributed by atoms with Gasteiger partial charge < -0.3 is 10.9 Å². The number of hydrogen-bond acceptors (Lipinski definition) is 4. The molecule has 4 nitrogen and oxygen atoms in total. The van der Waals surface area contributed by atoms with Crippen LogP contribution in [0.15, 0.2) is 57.7 Å². The second-order valence-electron chi connectivity index (χ2n) is 3.39. The maximum Gasteiger partial charge on any atom is 0.171 e. The summed E-state index contributed by atoms with van der Waals surface area (Å²) < 4.78 is 13.5. The Balaban J connectivity index is 2.38. The number of rotatable bonds is 3. The van der Waals surface area contributed by atoms with Crippen molar-refractivity contribution in [2.24, 2.45) is 10.9 Å². The Bertz CT molecular complexity index is 589. The zero-order valence-electron chi connectivity index (χ0n) is 9.25. The van der Waals surface area contributed by atoms with E-state index in [1.54, 1.807) is 30.5 Å². The van der Waals surface area contributed by atoms with E-state index in [9.17, 15) is 4.39 Å². The van der Waals surface area contributed by atoms with Crippen LogP contribution in [0.3, 0.4) is 0 Å². The molecule has 0 saturated carbocycles. The molecule has 0 amide bonds. The molecule has 3 N–H and O–H groups in total. The summed E-state index contributed by atoms with van der Waals surface area (Å²) in [7, 11) is 0. The topological polar surface area (TPSA) is 71.5 Å². The lowest BCUT2D eigenvalue weighted by molar-refractivity contribution is 0.318. The number of oxime groups is 1. The van der Waals surface area contributed by atoms with Crippen LogP contribution in [0.4, 0.5) is 4.39 Å². The maximum absolute atomic E-state index is 13.5. The fourth-order valence-corrected chi connectivity index (χ4v) is 2.32. The first-order chi connectivity index (χ1) is 8.72. The Morgan fingerprint density at radius 3 is 2.78 bits per heavy atom. The number of pyridine rings is 1. The van der Waals surface area contributed by atoms with Crippen LogP contribution in [0, 0.1) is 5.82 Å². The van der Waals surface area contributed by atoms with Crippen molar-refractivity contribution in [1.82, 2.24) is 4.98 Å². The molecule has 0 aliphatic carbocycles. The molecule has 1 heterocycles. The molecule has 0 aliphatic rings. The van der Waals surface area contributed by atoms with Gasteiger partial charge in [0.25, 0.3) is 0 Å². The summed E-state index contributed by atoms with van der Waals surface area (Å²) in [4.78, 5) is 5.03. The number of aromatic nitrogens is 1. The minimum atomic E-state index is -0.322. The van der Waals surface area contributed by atoms with E-state index in [1.807, 2.05) is 0 Å². The molecule has 0 fully saturated rings. The van der Waals surface area contributed by atoms with E-state index in [4.69, 9.17) is 10.9 Å². The standard InChI is InChI=1S/C12H10FN3OS/c13-9-3-1-2-4-10(9)18-11-7-15-6-5-8(11)12(14)16-17/h1-7,17H,(H2,14,16). The third-order valence-electron chi connectivity index (χ3n) is 2.22. The molecule has 92 valence electrons. The molecule has 0 aliphatic heterocycles. The van der Waals surface area contributed by atoms with Crippen LogP contribution in [-0.4, -0.2) is 16.0 Å². The Labute approximate surface area is 107 Å². The van der Waals surface area contributed by atoms with Crippen molar-refractivity contribution >= 4 is 17.6 Å². The van der Waals surface area contributed by atoms with Gasteiger partial charge in [-0.15, -0.1) is 0 Å². The van der Waals surface area contributed by atoms with E-state index in [0.29, 0.717) is 15.4 Å². The monoisotopic (exact) mass is 263 g/mol. The van der Waals surface area contributed by atoms with Gasteiger partial charge in [-0.05, 0) is 18.2 Å². The summed E-state index contributed by atoms with van der Waals surface area (Å²) in [6.45, 7) is 0. The van der Waals surface area contributed by atoms with Crippen LogP contribution in [0.5, 0.6) is 0 Å². The molecule has 0 atom stereocenters. The van der Waals surface area contributed by atoms with E-state index in [0.717, 1.165) is 0 Å². The first kappa shape index (κ1) is 12.4. The van der Waals surface area contributed by atoms with Crippen molar-refractivity contribution in [3.05, 3.63) is 54.1 Å². The van der Waals surface area contributed by atoms with Gasteiger partial charge in [0.1, 0.15) is 5.82 Å². The van der Waals surface area contributed by atoms with E-state index in [2.05, 4.69) is 10.1 Å². The average Bonchev–Trinajstić information content (AvgIpc) is 2.41. The first-order valence-corrected chi connectivity index (χ1v) is 5.88. The fourth-order valence-electron chi connectivity index (χ4n) is 1.37. The quantitative estimate of drug-likeness (QED) is 0.386. The number of halogens is 1. The van der Waals surface area contributed by atoms with Gasteiger partial charge in [-0.2, -0.15) is 0 Å². The van der Waals surface area contributed by atoms with E-state index < -0.39 is 0 Å². The highest BCUT2D eigenvalue weighted by Crippen LogP contribution is 2.31. The highest BCUT2D eigenvalue weighted by Gasteiger charge is 2.10. The van der Waals surface area contributed by atoms with E-state index >= 15 is 0 Å². The zero-order valence-corrected chi connectivity index (χ0v) is 10.1. The van der Waals surface area contributed by atoms with Crippen LogP contribution in [-0.2, 0) is 0 Å². The number of nitrogens with two attached hydrogens (primary N) is 1. The summed E-state index contributed by atoms with van der Waals surface area (Å²) >= 11 is 1.18. The lowest BCUT2D eigenvalue weighted by Gasteiger charge is -2.07. The predicted molar refractivity (Wildman–Crippen MR) is 67.3 cm³/mol. The molecule has 1 aromatic carbocycles. The first-order valence-electron chi connectivity index (χ1n) is 5.06. The van der Waals surface area contributed by atoms with Crippen molar-refractivity contribution in [3.63, 3.8) is 0 Å². The Kier molecular flexibility index (Phi) is 3.78. The highest BCUT2D eigenvalue weighted by molar-refractivity contribution is 7.99. The molecule has 2 aromatic rings. The van der Waals surface area contributed by atoms with Crippen molar-refractivity contribution in [1.29, 1.82) is 0 Å². The van der Waals surface area contributed by atoms with Gasteiger partial charge in [-0.1, -0.05) is 29.1 Å². The van der Waals surface area contributed by atoms with Gasteiger partial charge in [0, 0.05) is 27.7 Å². The van der Waals surface area contributed by atoms with Gasteiger partial charge in [-0.25, -0.2) is 4.39 Å². The third-order valence-corrected chi connectivity index (χ3v) is 3.32. The average molecular weight is 263 g/mol. The Morgan fingerprint density at radius 1 is 1.28 bits per heavy atom. The lowest BCUT2D eigenvalue weighted by Crippen LogP contribution is -2.14. The summed E-state index contributed by atoms with van der Waals surface area (Å²) in [5, 5.41) is 11.6. The molecule has 0 radical (unpaired) electrons. The summed E-state index contributed by atoms with van der Waals surface area (Å²) in [6, 6.07) is 8.00. The van der Waals surface area contributed by atoms with Crippen LogP contribution >= 0.6 is 11.8 Å². The number of hydrogen-bond donors (Lipinski definition) is 2. The van der Waals surface area contributed by atoms with Gasteiger partial charge in [0.2, 0.25) is 0 Å². The minimum Gasteiger partial charge on any atom is -0.409 e. The van der Waals surface area contributed by atoms with Gasteiger partial charge >= 0.3 is 0 Å². The SMILES string of the molecule is N/C(=N/O)c1ccncc1Sc1ccccc1F. The fraction of sp³-hybridized carbons (Fsp3) is 0. The summed E-state index contributed by atoms with van der Waals surface area (Å²) in [5.41, 5.74) is 6.07. The number of benzene rings is 1. The highest BCUT2D eigenvalue weighted by atomic mass is 32.2. The van der Waals surface area contributed by atoms with Crippen LogP contribution < -0.4 is 5.73 Å². The summed E-state index contributed by atoms with van der Waals surface area (Å²) in [6.07, 6.45) is 3.07. The van der Waals surface area contributed by atoms with Gasteiger partial charge in [0.05, 0.1) is 0 Å². The lowest BCUT2D eigenvalue weighted by atomic mass is 10.2. The Hall–Kier alpha value is -2.08. The van der Waals surface area contributed by atoms with Crippen LogP contribution in [0.2, 0.25) is 0 Å². The smallest absolute Gasteiger partial charge is 0.171 e. The van der Waals surface area contributed by atoms with Gasteiger partial charge in [-0.3, -0.25) is 4.98 Å². The molecule has 1 aromatic heterocycles. The van der Waals surface area contributed by atoms with Crippen molar-refractivity contribution in [2.45, 2.75) is 9.79 Å². The van der Waals surface area contributed by atoms with Crippen molar-refractivity contribution in [2.75, 3.05) is 0 Å². The number of amidine groups is 1. The molecule has 0 saturated heterocycles. The van der Waals surface area contributed by atoms with Crippen LogP contribution in [0.1, 0.15) is 5.56 Å². The van der Waals surface area contributed by atoms with Gasteiger partial charge in [0.15, 0.2) is 5.84 Å². The molecule has 0 bridgehead atoms. The van der Waals surface area contributed by atoms with E-state index in [1.165, 1.54) is 24.0 Å². The number of nitrogens with zero attached hydrogens (tertiary/aromatic N) is 2. The van der Waals surface area contributed by atoms with E-state index in [-0.39, 0.29) is 11.7 Å². The molecule has 0 spiro atoms. The summed E-state index contributed by atoms with van der Waals surface area (Å²) in [5.74, 6) is -0.354. The molecule has 2 rings (SSSR count). The normalized spacial score (nSPS) is 11.5. The molecular weight excluding hydrogens is 253 g/mol. The Morgan fingerprint density at radius 2 is 2.06 bits per heavy atom. The van der Waals surface area contributed by atoms with Crippen molar-refractivity contribution < 1.29 is 9.60 Å². The third kappa shape index (κ3) is 2.60. The predicted octanol–water partition coefficient (Wildman–Crippen LogP) is 2.47. The molecule has 18 heavy (non-hydrogen) atoms. The second-order valence-corrected chi connectivity index (χ2v) is 4.47. The maximum atomic E-state index is 13.5. The molecule has 6 heteroatoms. The van der Waals surface area contributed by atoms with Crippen LogP contribution in [0.25, 0.3) is 0 Å². The minimum absolute atomic E-state index is 0.0313. The largest absolute Gasteiger partial charge is 0.409 e. The van der Waals surface area contributed by atoms with Crippen molar-refractivity contribution in [3.8, 4) is 0 Å². The molecular formula is C12H10FN3OS. The second kappa shape index (κ2) is 5.50. The zero-order chi connectivity index (χ0) is 13.0. The molecule has 0 unspecified atom stereocenters.